The van der Waals surface area contributed by atoms with Crippen LogP contribution in [0.2, 0.25) is 5.02 Å². The third-order valence-corrected chi connectivity index (χ3v) is 7.43. The first-order valence-electron chi connectivity index (χ1n) is 12.9. The monoisotopic (exact) mass is 525 g/mol. The van der Waals surface area contributed by atoms with Gasteiger partial charge < -0.3 is 15.3 Å². The molecule has 194 valence electrons. The molecule has 1 atom stereocenters. The van der Waals surface area contributed by atoms with Crippen molar-refractivity contribution in [3.05, 3.63) is 88.2 Å². The number of amidine groups is 2. The quantitative estimate of drug-likeness (QED) is 0.345. The van der Waals surface area contributed by atoms with Gasteiger partial charge in [0.2, 0.25) is 0 Å². The van der Waals surface area contributed by atoms with Gasteiger partial charge >= 0.3 is 0 Å². The van der Waals surface area contributed by atoms with Gasteiger partial charge in [0.05, 0.1) is 0 Å². The summed E-state index contributed by atoms with van der Waals surface area (Å²) in [6, 6.07) is 13.9. The summed E-state index contributed by atoms with van der Waals surface area (Å²) < 4.78 is 6.75. The van der Waals surface area contributed by atoms with Gasteiger partial charge in [-0.15, -0.1) is 0 Å². The second-order valence-corrected chi connectivity index (χ2v) is 11.5. The molecule has 3 aromatic carbocycles. The number of nitrogens with two attached hydrogens (primary N) is 1. The molecule has 0 saturated carbocycles. The van der Waals surface area contributed by atoms with Crippen LogP contribution in [0.1, 0.15) is 63.6 Å². The maximum Gasteiger partial charge on any atom is 0.154 e. The minimum Gasteiger partial charge on any atom is -0.457 e. The molecule has 0 saturated heterocycles. The summed E-state index contributed by atoms with van der Waals surface area (Å²) in [6.07, 6.45) is 8.43. The van der Waals surface area contributed by atoms with E-state index in [4.69, 9.17) is 27.5 Å². The summed E-state index contributed by atoms with van der Waals surface area (Å²) in [5.74, 6) is 2.42. The van der Waals surface area contributed by atoms with Gasteiger partial charge in [0.15, 0.2) is 5.84 Å². The molecule has 0 bridgehead atoms. The number of aliphatic imine (C=N–C) groups is 1. The number of ether oxygens (including phenoxy) is 1. The molecule has 3 aromatic rings. The minimum absolute atomic E-state index is 0.143. The molecule has 3 N–H and O–H groups in total. The van der Waals surface area contributed by atoms with Gasteiger partial charge in [0.25, 0.3) is 0 Å². The van der Waals surface area contributed by atoms with Gasteiger partial charge in [0.1, 0.15) is 23.1 Å². The van der Waals surface area contributed by atoms with Crippen molar-refractivity contribution in [3.63, 3.8) is 0 Å². The highest BCUT2D eigenvalue weighted by Crippen LogP contribution is 2.49. The van der Waals surface area contributed by atoms with E-state index in [9.17, 15) is 4.79 Å². The van der Waals surface area contributed by atoms with Crippen LogP contribution < -0.4 is 10.5 Å². The van der Waals surface area contributed by atoms with Crippen molar-refractivity contribution >= 4 is 39.8 Å². The molecule has 2 aliphatic rings. The number of hydrogen-bond donors (Lipinski definition) is 2. The number of hydrogen-bond acceptors (Lipinski definition) is 4. The fraction of sp³-hybridized carbons (Fsp3) is 0.281. The highest BCUT2D eigenvalue weighted by atomic mass is 35.5. The van der Waals surface area contributed by atoms with Crippen molar-refractivity contribution in [2.75, 3.05) is 0 Å². The number of fused-ring (bicyclic) bond motifs is 2. The van der Waals surface area contributed by atoms with Crippen molar-refractivity contribution in [2.24, 2.45) is 16.6 Å². The van der Waals surface area contributed by atoms with E-state index in [-0.39, 0.29) is 17.0 Å². The Bertz CT molecular complexity index is 1560. The van der Waals surface area contributed by atoms with Gasteiger partial charge in [-0.05, 0) is 66.3 Å². The SMILES string of the molecule is CC(=O)CCC1C=CC(Oc2c(C(C)(C)C)c(Cl)cc3cc4c(c(-c5ccccc5)c23)C(N)=NC4=N)=CC1. The van der Waals surface area contributed by atoms with Crippen LogP contribution in [-0.4, -0.2) is 17.5 Å². The predicted octanol–water partition coefficient (Wildman–Crippen LogP) is 7.71. The van der Waals surface area contributed by atoms with Crippen LogP contribution in [0, 0.1) is 11.3 Å². The van der Waals surface area contributed by atoms with Crippen LogP contribution >= 0.6 is 11.6 Å². The molecule has 38 heavy (non-hydrogen) atoms. The van der Waals surface area contributed by atoms with Crippen LogP contribution in [0.3, 0.4) is 0 Å². The fourth-order valence-electron chi connectivity index (χ4n) is 5.33. The summed E-state index contributed by atoms with van der Waals surface area (Å²) >= 11 is 6.96. The third-order valence-electron chi connectivity index (χ3n) is 7.13. The maximum atomic E-state index is 11.4. The van der Waals surface area contributed by atoms with Crippen LogP contribution in [0.5, 0.6) is 5.75 Å². The number of nitrogens with zero attached hydrogens (tertiary/aromatic N) is 1. The zero-order valence-corrected chi connectivity index (χ0v) is 22.9. The second kappa shape index (κ2) is 9.88. The molecule has 0 fully saturated rings. The van der Waals surface area contributed by atoms with Gasteiger partial charge in [0, 0.05) is 39.1 Å². The third kappa shape index (κ3) is 4.79. The zero-order valence-electron chi connectivity index (χ0n) is 22.2. The minimum atomic E-state index is -0.317. The van der Waals surface area contributed by atoms with Crippen LogP contribution in [-0.2, 0) is 10.2 Å². The van der Waals surface area contributed by atoms with E-state index in [1.807, 2.05) is 48.5 Å². The normalized spacial score (nSPS) is 16.9. The van der Waals surface area contributed by atoms with Crippen molar-refractivity contribution < 1.29 is 9.53 Å². The predicted molar refractivity (Wildman–Crippen MR) is 157 cm³/mol. The number of carbonyl (C=O) groups is 1. The molecular weight excluding hydrogens is 494 g/mol. The van der Waals surface area contributed by atoms with Gasteiger partial charge in [-0.3, -0.25) is 5.41 Å². The molecule has 1 unspecified atom stereocenters. The molecule has 6 heteroatoms. The van der Waals surface area contributed by atoms with E-state index < -0.39 is 0 Å². The van der Waals surface area contributed by atoms with Crippen LogP contribution in [0.25, 0.3) is 21.9 Å². The lowest BCUT2D eigenvalue weighted by Gasteiger charge is -2.28. The fourth-order valence-corrected chi connectivity index (χ4v) is 5.82. The first-order chi connectivity index (χ1) is 18.0. The second-order valence-electron chi connectivity index (χ2n) is 11.1. The van der Waals surface area contributed by atoms with Gasteiger partial charge in [-0.2, -0.15) is 0 Å². The molecule has 0 spiro atoms. The first-order valence-corrected chi connectivity index (χ1v) is 13.3. The number of carbonyl (C=O) groups excluding carboxylic acids is 1. The molecular formula is C32H32ClN3O2. The Morgan fingerprint density at radius 2 is 1.92 bits per heavy atom. The summed E-state index contributed by atoms with van der Waals surface area (Å²) in [5, 5.41) is 10.8. The average Bonchev–Trinajstić information content (AvgIpc) is 3.14. The standard InChI is InChI=1S/C32H32ClN3O2/c1-18(37)10-11-19-12-14-22(15-13-19)38-29-26-21(17-24(33)28(29)32(2,3)4)16-23-27(31(35)36-30(23)34)25(26)20-8-6-5-7-9-20/h5-9,12,14-17,19H,10-11,13H2,1-4H3,(H3,34,35,36). The lowest BCUT2D eigenvalue weighted by Crippen LogP contribution is -2.16. The maximum absolute atomic E-state index is 11.4. The van der Waals surface area contributed by atoms with E-state index in [2.05, 4.69) is 37.9 Å². The van der Waals surface area contributed by atoms with E-state index >= 15 is 0 Å². The number of halogens is 1. The summed E-state index contributed by atoms with van der Waals surface area (Å²) in [6.45, 7) is 8.00. The highest BCUT2D eigenvalue weighted by Gasteiger charge is 2.32. The summed E-state index contributed by atoms with van der Waals surface area (Å²) in [7, 11) is 0. The lowest BCUT2D eigenvalue weighted by atomic mass is 9.81. The Morgan fingerprint density at radius 1 is 1.18 bits per heavy atom. The molecule has 0 amide bonds. The molecule has 0 radical (unpaired) electrons. The molecule has 1 aliphatic carbocycles. The Hall–Kier alpha value is -3.70. The van der Waals surface area contributed by atoms with E-state index in [1.165, 1.54) is 0 Å². The number of rotatable bonds is 6. The van der Waals surface area contributed by atoms with Gasteiger partial charge in [-0.25, -0.2) is 4.99 Å². The molecule has 1 aliphatic heterocycles. The highest BCUT2D eigenvalue weighted by molar-refractivity contribution is 6.34. The molecule has 0 aromatic heterocycles. The van der Waals surface area contributed by atoms with E-state index in [0.29, 0.717) is 34.5 Å². The lowest BCUT2D eigenvalue weighted by molar-refractivity contribution is -0.117. The Morgan fingerprint density at radius 3 is 2.55 bits per heavy atom. The summed E-state index contributed by atoms with van der Waals surface area (Å²) in [5.41, 5.74) is 10.3. The Balaban J connectivity index is 1.75. The smallest absolute Gasteiger partial charge is 0.154 e. The Kier molecular flexibility index (Phi) is 6.74. The molecule has 5 nitrogen and oxygen atoms in total. The Labute approximate surface area is 228 Å². The van der Waals surface area contributed by atoms with E-state index in [0.717, 1.165) is 51.6 Å². The van der Waals surface area contributed by atoms with Crippen LogP contribution in [0.15, 0.2) is 71.4 Å². The number of allylic oxidation sites excluding steroid dienone is 3. The average molecular weight is 526 g/mol. The summed E-state index contributed by atoms with van der Waals surface area (Å²) in [4.78, 5) is 15.7. The number of ketones is 1. The van der Waals surface area contributed by atoms with Crippen molar-refractivity contribution in [2.45, 2.75) is 52.4 Å². The van der Waals surface area contributed by atoms with Crippen molar-refractivity contribution in [1.29, 1.82) is 5.41 Å². The largest absolute Gasteiger partial charge is 0.457 e. The first kappa shape index (κ1) is 25.9. The zero-order chi connectivity index (χ0) is 27.2. The van der Waals surface area contributed by atoms with Crippen molar-refractivity contribution in [1.82, 2.24) is 0 Å². The number of Topliss-reactive ketones (excluding diaryl/α,β-unsaturated/α-hetero) is 1. The van der Waals surface area contributed by atoms with E-state index in [1.54, 1.807) is 6.92 Å². The molecule has 5 rings (SSSR count). The van der Waals surface area contributed by atoms with Gasteiger partial charge in [-0.1, -0.05) is 68.8 Å². The van der Waals surface area contributed by atoms with Crippen LogP contribution in [0.4, 0.5) is 0 Å². The molecule has 1 heterocycles. The number of nitrogens with one attached hydrogen (secondary N) is 1. The van der Waals surface area contributed by atoms with Crippen molar-refractivity contribution in [3.8, 4) is 16.9 Å². The topological polar surface area (TPSA) is 88.5 Å². The number of benzene rings is 3.